The van der Waals surface area contributed by atoms with Crippen LogP contribution in [0.15, 0.2) is 52.0 Å². The minimum Gasteiger partial charge on any atom is -0.487 e. The predicted molar refractivity (Wildman–Crippen MR) is 107 cm³/mol. The molecule has 0 aliphatic rings. The van der Waals surface area contributed by atoms with Gasteiger partial charge in [0.15, 0.2) is 5.76 Å². The highest BCUT2D eigenvalue weighted by atomic mass is 16.5. The van der Waals surface area contributed by atoms with E-state index in [1.54, 1.807) is 25.4 Å². The summed E-state index contributed by atoms with van der Waals surface area (Å²) in [4.78, 5) is 15.1. The molecule has 3 aromatic rings. The molecule has 1 N–H and O–H groups in total. The van der Waals surface area contributed by atoms with Gasteiger partial charge in [0.1, 0.15) is 18.1 Å². The van der Waals surface area contributed by atoms with Crippen molar-refractivity contribution in [3.63, 3.8) is 0 Å². The standard InChI is InChI=1S/C22H22N2O4/c1-14-4-8-17(9-5-14)22-18(12-23-3)19(24-28-22)13-27-20-10-16(11-21(25)26)7-6-15(20)2/h4-10,12H,11,13H2,1-3H3,(H,25,26)/b23-12+. The van der Waals surface area contributed by atoms with Gasteiger partial charge >= 0.3 is 5.97 Å². The third-order valence-electron chi connectivity index (χ3n) is 4.35. The summed E-state index contributed by atoms with van der Waals surface area (Å²) in [7, 11) is 1.69. The third-order valence-corrected chi connectivity index (χ3v) is 4.35. The first-order valence-electron chi connectivity index (χ1n) is 8.89. The first kappa shape index (κ1) is 19.4. The van der Waals surface area contributed by atoms with Crippen molar-refractivity contribution in [1.29, 1.82) is 0 Å². The fraction of sp³-hybridized carbons (Fsp3) is 0.227. The van der Waals surface area contributed by atoms with Gasteiger partial charge in [-0.05, 0) is 31.0 Å². The van der Waals surface area contributed by atoms with Crippen molar-refractivity contribution in [2.45, 2.75) is 26.9 Å². The Hall–Kier alpha value is -3.41. The van der Waals surface area contributed by atoms with Gasteiger partial charge in [-0.25, -0.2) is 0 Å². The zero-order valence-corrected chi connectivity index (χ0v) is 16.1. The first-order chi connectivity index (χ1) is 13.5. The number of carboxylic acid groups (broad SMARTS) is 1. The molecule has 2 aromatic carbocycles. The number of carboxylic acids is 1. The number of hydrogen-bond donors (Lipinski definition) is 1. The van der Waals surface area contributed by atoms with Gasteiger partial charge in [0.05, 0.1) is 12.0 Å². The second-order valence-corrected chi connectivity index (χ2v) is 6.58. The summed E-state index contributed by atoms with van der Waals surface area (Å²) in [5.41, 5.74) is 5.08. The van der Waals surface area contributed by atoms with Crippen molar-refractivity contribution in [1.82, 2.24) is 5.16 Å². The van der Waals surface area contributed by atoms with E-state index in [-0.39, 0.29) is 13.0 Å². The van der Waals surface area contributed by atoms with Gasteiger partial charge in [-0.2, -0.15) is 0 Å². The van der Waals surface area contributed by atoms with E-state index in [1.807, 2.05) is 44.2 Å². The second-order valence-electron chi connectivity index (χ2n) is 6.58. The summed E-state index contributed by atoms with van der Waals surface area (Å²) in [5, 5.41) is 13.1. The maximum absolute atomic E-state index is 10.9. The SMILES string of the molecule is C/N=C/c1c(COc2cc(CC(=O)O)ccc2C)noc1-c1ccc(C)cc1. The maximum atomic E-state index is 10.9. The number of aromatic nitrogens is 1. The quantitative estimate of drug-likeness (QED) is 0.623. The molecule has 6 heteroatoms. The van der Waals surface area contributed by atoms with Crippen LogP contribution in [0.3, 0.4) is 0 Å². The molecule has 0 aliphatic heterocycles. The Morgan fingerprint density at radius 1 is 1.21 bits per heavy atom. The highest BCUT2D eigenvalue weighted by Gasteiger charge is 2.17. The highest BCUT2D eigenvalue weighted by molar-refractivity contribution is 5.89. The van der Waals surface area contributed by atoms with Crippen LogP contribution in [-0.4, -0.2) is 29.5 Å². The Kier molecular flexibility index (Phi) is 5.89. The van der Waals surface area contributed by atoms with Crippen LogP contribution >= 0.6 is 0 Å². The van der Waals surface area contributed by atoms with Crippen molar-refractivity contribution in [2.75, 3.05) is 7.05 Å². The molecular formula is C22H22N2O4. The van der Waals surface area contributed by atoms with E-state index in [0.29, 0.717) is 22.8 Å². The van der Waals surface area contributed by atoms with Crippen molar-refractivity contribution < 1.29 is 19.2 Å². The lowest BCUT2D eigenvalue weighted by molar-refractivity contribution is -0.136. The lowest BCUT2D eigenvalue weighted by Gasteiger charge is -2.10. The fourth-order valence-corrected chi connectivity index (χ4v) is 2.84. The van der Waals surface area contributed by atoms with Crippen LogP contribution < -0.4 is 4.74 Å². The molecule has 0 spiro atoms. The molecule has 0 saturated heterocycles. The monoisotopic (exact) mass is 378 g/mol. The van der Waals surface area contributed by atoms with E-state index in [0.717, 1.165) is 22.3 Å². The molecule has 1 aromatic heterocycles. The Balaban J connectivity index is 1.85. The molecule has 144 valence electrons. The van der Waals surface area contributed by atoms with E-state index in [1.165, 1.54) is 0 Å². The van der Waals surface area contributed by atoms with E-state index >= 15 is 0 Å². The van der Waals surface area contributed by atoms with Crippen LogP contribution in [-0.2, 0) is 17.8 Å². The summed E-state index contributed by atoms with van der Waals surface area (Å²) < 4.78 is 11.5. The first-order valence-corrected chi connectivity index (χ1v) is 8.89. The molecule has 3 rings (SSSR count). The van der Waals surface area contributed by atoms with Gasteiger partial charge in [-0.15, -0.1) is 0 Å². The summed E-state index contributed by atoms with van der Waals surface area (Å²) in [6.45, 7) is 4.13. The molecule has 0 fully saturated rings. The number of hydrogen-bond acceptors (Lipinski definition) is 5. The molecule has 0 saturated carbocycles. The van der Waals surface area contributed by atoms with Gasteiger partial charge in [-0.1, -0.05) is 47.1 Å². The number of ether oxygens (including phenoxy) is 1. The van der Waals surface area contributed by atoms with Gasteiger partial charge in [0, 0.05) is 18.8 Å². The Labute approximate surface area is 163 Å². The van der Waals surface area contributed by atoms with Gasteiger partial charge in [0.2, 0.25) is 0 Å². The number of aliphatic carboxylic acids is 1. The van der Waals surface area contributed by atoms with Gasteiger partial charge in [0.25, 0.3) is 0 Å². The molecule has 0 aliphatic carbocycles. The summed E-state index contributed by atoms with van der Waals surface area (Å²) in [6.07, 6.45) is 1.66. The van der Waals surface area contributed by atoms with Crippen LogP contribution in [0.25, 0.3) is 11.3 Å². The van der Waals surface area contributed by atoms with Crippen molar-refractivity contribution in [2.24, 2.45) is 4.99 Å². The number of benzene rings is 2. The zero-order valence-electron chi connectivity index (χ0n) is 16.1. The van der Waals surface area contributed by atoms with Crippen LogP contribution in [0.5, 0.6) is 5.75 Å². The third kappa shape index (κ3) is 4.46. The molecule has 0 radical (unpaired) electrons. The van der Waals surface area contributed by atoms with E-state index in [4.69, 9.17) is 14.4 Å². The Morgan fingerprint density at radius 3 is 2.64 bits per heavy atom. The smallest absolute Gasteiger partial charge is 0.307 e. The maximum Gasteiger partial charge on any atom is 0.307 e. The van der Waals surface area contributed by atoms with Crippen LogP contribution in [0, 0.1) is 13.8 Å². The zero-order chi connectivity index (χ0) is 20.1. The number of nitrogens with zero attached hydrogens (tertiary/aromatic N) is 2. The predicted octanol–water partition coefficient (Wildman–Crippen LogP) is 4.21. The topological polar surface area (TPSA) is 84.9 Å². The fourth-order valence-electron chi connectivity index (χ4n) is 2.84. The highest BCUT2D eigenvalue weighted by Crippen LogP contribution is 2.27. The minimum atomic E-state index is -0.879. The number of aryl methyl sites for hydroxylation is 2. The van der Waals surface area contributed by atoms with Gasteiger partial charge in [-0.3, -0.25) is 9.79 Å². The van der Waals surface area contributed by atoms with Crippen molar-refractivity contribution >= 4 is 12.2 Å². The molecule has 0 atom stereocenters. The molecule has 0 amide bonds. The second kappa shape index (κ2) is 8.52. The van der Waals surface area contributed by atoms with E-state index < -0.39 is 5.97 Å². The summed E-state index contributed by atoms with van der Waals surface area (Å²) in [6, 6.07) is 13.4. The van der Waals surface area contributed by atoms with Gasteiger partial charge < -0.3 is 14.4 Å². The summed E-state index contributed by atoms with van der Waals surface area (Å²) in [5.74, 6) is 0.383. The molecular weight excluding hydrogens is 356 g/mol. The Morgan fingerprint density at radius 2 is 1.96 bits per heavy atom. The van der Waals surface area contributed by atoms with E-state index in [2.05, 4.69) is 10.1 Å². The van der Waals surface area contributed by atoms with Crippen LogP contribution in [0.1, 0.15) is 27.9 Å². The van der Waals surface area contributed by atoms with Crippen LogP contribution in [0.4, 0.5) is 0 Å². The largest absolute Gasteiger partial charge is 0.487 e. The number of aliphatic imine (C=N–C) groups is 1. The molecule has 28 heavy (non-hydrogen) atoms. The normalized spacial score (nSPS) is 11.1. The summed E-state index contributed by atoms with van der Waals surface area (Å²) >= 11 is 0. The van der Waals surface area contributed by atoms with Crippen molar-refractivity contribution in [3.8, 4) is 17.1 Å². The van der Waals surface area contributed by atoms with E-state index in [9.17, 15) is 4.79 Å². The lowest BCUT2D eigenvalue weighted by atomic mass is 10.1. The molecule has 1 heterocycles. The molecule has 6 nitrogen and oxygen atoms in total. The molecule has 0 unspecified atom stereocenters. The molecule has 0 bridgehead atoms. The average Bonchev–Trinajstić information content (AvgIpc) is 3.05. The Bertz CT molecular complexity index is 1000. The average molecular weight is 378 g/mol. The van der Waals surface area contributed by atoms with Crippen LogP contribution in [0.2, 0.25) is 0 Å². The number of rotatable bonds is 7. The number of carbonyl (C=O) groups is 1. The lowest BCUT2D eigenvalue weighted by Crippen LogP contribution is -2.03. The van der Waals surface area contributed by atoms with Crippen molar-refractivity contribution in [3.05, 3.63) is 70.4 Å². The minimum absolute atomic E-state index is 0.0497.